The number of carbonyl (C=O) groups is 6. The van der Waals surface area contributed by atoms with Crippen LogP contribution in [0.5, 0.6) is 0 Å². The van der Waals surface area contributed by atoms with Gasteiger partial charge in [0.1, 0.15) is 25.8 Å². The monoisotopic (exact) mass is 1390 g/mol. The van der Waals surface area contributed by atoms with Crippen molar-refractivity contribution in [3.8, 4) is 0 Å². The SMILES string of the molecule is CCN1/C(=C/C=C/C=C/C2=[N+](CCCCCC(=O)NCCOCCOCCNC(=O)COCCOCCNC(=O)[C@H](CO)NC(=O)COCCOCCNC(=O)CCCC[C@@H]3SCC4NC(=O)NC43)c3ccc(S(=O)(=O)O)cc3C2(C)C)C(C)(C)c2cc(S(=O)(=O)O)ccc21. The Morgan fingerprint density at radius 3 is 1.80 bits per heavy atom. The van der Waals surface area contributed by atoms with E-state index in [0.717, 1.165) is 71.8 Å². The van der Waals surface area contributed by atoms with Crippen LogP contribution in [0.3, 0.4) is 0 Å². The third-order valence-corrected chi connectivity index (χ3v) is 19.6. The number of ether oxygens (including phenoxy) is 6. The van der Waals surface area contributed by atoms with Crippen molar-refractivity contribution in [1.29, 1.82) is 0 Å². The molecule has 0 radical (unpaired) electrons. The van der Waals surface area contributed by atoms with E-state index in [1.54, 1.807) is 12.1 Å². The number of anilines is 1. The highest BCUT2D eigenvalue weighted by Gasteiger charge is 2.46. The number of benzene rings is 2. The second-order valence-electron chi connectivity index (χ2n) is 24.0. The first-order valence-electron chi connectivity index (χ1n) is 32.2. The van der Waals surface area contributed by atoms with Gasteiger partial charge in [0.25, 0.3) is 20.2 Å². The highest BCUT2D eigenvalue weighted by molar-refractivity contribution is 8.00. The number of urea groups is 1. The average molecular weight is 1390 g/mol. The maximum Gasteiger partial charge on any atom is 0.315 e. The minimum Gasteiger partial charge on any atom is -0.394 e. The summed E-state index contributed by atoms with van der Waals surface area (Å²) in [6.07, 6.45) is 15.1. The summed E-state index contributed by atoms with van der Waals surface area (Å²) in [6, 6.07) is 8.28. The Balaban J connectivity index is 0.732. The predicted molar refractivity (Wildman–Crippen MR) is 356 cm³/mol. The topological polar surface area (TPSA) is 377 Å². The number of hydrogen-bond acceptors (Lipinski definition) is 19. The van der Waals surface area contributed by atoms with Gasteiger partial charge >= 0.3 is 6.03 Å². The van der Waals surface area contributed by atoms with E-state index in [1.165, 1.54) is 24.3 Å². The largest absolute Gasteiger partial charge is 0.394 e. The van der Waals surface area contributed by atoms with Gasteiger partial charge in [0.15, 0.2) is 5.71 Å². The number of unbranched alkanes of at least 4 members (excludes halogenated alkanes) is 3. The smallest absolute Gasteiger partial charge is 0.315 e. The van der Waals surface area contributed by atoms with Gasteiger partial charge in [-0.15, -0.1) is 0 Å². The minimum absolute atomic E-state index is 0.0611. The standard InChI is InChI=1S/C64H95N9O19S3/c1-6-72-51-22-20-45(94(81,82)83)39-47(51)63(2,3)54(72)16-9-7-10-17-55-64(4,5)48-40-46(95(84,85)86)21-23-52(48)73(55)28-14-8-11-18-56(75)65-24-29-87-33-34-88-31-26-67-58(77)42-91-37-35-90-32-27-68-61(79)49(41-74)69-59(78)43-92-38-36-89-30-25-66-57(76)19-13-12-15-53-60-50(44-93-53)70-62(80)71-60/h7,9-10,16-17,20-23,39-40,49-50,53,60,74H,6,8,11-15,18-19,24-38,41-44H2,1-5H3,(H8-,65,66,67,68,69,70,71,75,76,77,78,79,80,81,82,83,84,85,86)/p+1/t49-,50?,53-,60?/m0/s1. The van der Waals surface area contributed by atoms with Crippen molar-refractivity contribution < 1.29 is 92.8 Å². The Hall–Kier alpha value is -6.36. The Morgan fingerprint density at radius 1 is 0.663 bits per heavy atom. The average Bonchev–Trinajstić information content (AvgIpc) is 1.60. The summed E-state index contributed by atoms with van der Waals surface area (Å²) in [7, 11) is -8.84. The molecule has 4 aliphatic heterocycles. The molecule has 0 aromatic heterocycles. The second kappa shape index (κ2) is 38.5. The zero-order chi connectivity index (χ0) is 69.0. The van der Waals surface area contributed by atoms with Gasteiger partial charge in [-0.05, 0) is 88.4 Å². The van der Waals surface area contributed by atoms with Gasteiger partial charge < -0.3 is 75.6 Å². The normalized spacial score (nSPS) is 18.6. The molecular weight excluding hydrogens is 1290 g/mol. The van der Waals surface area contributed by atoms with Crippen molar-refractivity contribution in [2.24, 2.45) is 0 Å². The van der Waals surface area contributed by atoms with Crippen molar-refractivity contribution in [1.82, 2.24) is 37.2 Å². The zero-order valence-corrected chi connectivity index (χ0v) is 57.4. The summed E-state index contributed by atoms with van der Waals surface area (Å²) >= 11 is 1.85. The first kappa shape index (κ1) is 77.6. The molecule has 10 N–H and O–H groups in total. The lowest BCUT2D eigenvalue weighted by Crippen LogP contribution is -2.50. The lowest BCUT2D eigenvalue weighted by atomic mass is 9.81. The number of rotatable bonds is 45. The molecule has 4 heterocycles. The van der Waals surface area contributed by atoms with Crippen LogP contribution in [0.25, 0.3) is 0 Å². The molecule has 2 fully saturated rings. The molecule has 0 bridgehead atoms. The lowest BCUT2D eigenvalue weighted by Gasteiger charge is -2.25. The second-order valence-corrected chi connectivity index (χ2v) is 28.1. The van der Waals surface area contributed by atoms with E-state index in [4.69, 9.17) is 28.4 Å². The van der Waals surface area contributed by atoms with Crippen molar-refractivity contribution in [2.45, 2.75) is 130 Å². The van der Waals surface area contributed by atoms with E-state index in [-0.39, 0.29) is 138 Å². The molecule has 95 heavy (non-hydrogen) atoms. The molecule has 2 aromatic carbocycles. The molecule has 6 rings (SSSR count). The molecule has 7 amide bonds. The van der Waals surface area contributed by atoms with Crippen molar-refractivity contribution >= 4 is 84.7 Å². The number of aliphatic hydroxyl groups excluding tert-OH is 1. The number of nitrogens with one attached hydrogen (secondary N) is 7. The number of likely N-dealkylation sites (N-methyl/N-ethyl adjacent to an activating group) is 1. The molecule has 28 nitrogen and oxygen atoms in total. The third kappa shape index (κ3) is 24.3. The molecule has 528 valence electrons. The third-order valence-electron chi connectivity index (χ3n) is 16.4. The molecule has 4 atom stereocenters. The first-order valence-corrected chi connectivity index (χ1v) is 36.1. The fraction of sp³-hybridized carbons (Fsp3) is 0.609. The van der Waals surface area contributed by atoms with Gasteiger partial charge in [-0.2, -0.15) is 33.2 Å². The summed E-state index contributed by atoms with van der Waals surface area (Å²) in [6.45, 7) is 13.0. The molecule has 0 saturated carbocycles. The van der Waals surface area contributed by atoms with E-state index < -0.39 is 55.5 Å². The Morgan fingerprint density at radius 2 is 1.21 bits per heavy atom. The lowest BCUT2D eigenvalue weighted by molar-refractivity contribution is -0.438. The molecule has 2 saturated heterocycles. The number of thioether (sulfide) groups is 1. The quantitative estimate of drug-likeness (QED) is 0.0150. The van der Waals surface area contributed by atoms with Crippen LogP contribution in [0, 0.1) is 0 Å². The van der Waals surface area contributed by atoms with Crippen molar-refractivity contribution in [2.75, 3.05) is 136 Å². The van der Waals surface area contributed by atoms with Crippen LogP contribution in [0.15, 0.2) is 82.3 Å². The van der Waals surface area contributed by atoms with Crippen LogP contribution in [0.1, 0.15) is 97.1 Å². The van der Waals surface area contributed by atoms with Crippen molar-refractivity contribution in [3.63, 3.8) is 0 Å². The van der Waals surface area contributed by atoms with Gasteiger partial charge in [0.2, 0.25) is 35.2 Å². The summed E-state index contributed by atoms with van der Waals surface area (Å²) in [4.78, 5) is 75.0. The molecule has 4 aliphatic rings. The summed E-state index contributed by atoms with van der Waals surface area (Å²) in [5.74, 6) is -0.827. The summed E-state index contributed by atoms with van der Waals surface area (Å²) in [5.41, 5.74) is 3.86. The number of nitrogens with zero attached hydrogens (tertiary/aromatic N) is 2. The highest BCUT2D eigenvalue weighted by atomic mass is 32.2. The number of amides is 7. The maximum absolute atomic E-state index is 12.7. The van der Waals surface area contributed by atoms with Gasteiger partial charge in [0.05, 0.1) is 100.0 Å². The molecule has 31 heteroatoms. The Labute approximate surface area is 561 Å². The number of allylic oxidation sites excluding steroid dienone is 6. The van der Waals surface area contributed by atoms with Crippen LogP contribution in [0.4, 0.5) is 16.2 Å². The van der Waals surface area contributed by atoms with Crippen LogP contribution in [-0.4, -0.2) is 231 Å². The van der Waals surface area contributed by atoms with E-state index in [2.05, 4.69) is 46.7 Å². The number of aliphatic hydroxyl groups is 1. The first-order chi connectivity index (χ1) is 45.4. The van der Waals surface area contributed by atoms with E-state index in [0.29, 0.717) is 50.7 Å². The van der Waals surface area contributed by atoms with Crippen molar-refractivity contribution in [3.05, 3.63) is 83.6 Å². The van der Waals surface area contributed by atoms with Gasteiger partial charge in [-0.1, -0.05) is 38.5 Å². The van der Waals surface area contributed by atoms with E-state index in [9.17, 15) is 59.8 Å². The maximum atomic E-state index is 12.7. The van der Waals surface area contributed by atoms with E-state index >= 15 is 0 Å². The number of fused-ring (bicyclic) bond motifs is 3. The molecule has 0 spiro atoms. The minimum atomic E-state index is -4.46. The number of hydrogen-bond donors (Lipinski definition) is 10. The van der Waals surface area contributed by atoms with Crippen LogP contribution in [-0.2, 0) is 83.5 Å². The van der Waals surface area contributed by atoms with Crippen LogP contribution in [0.2, 0.25) is 0 Å². The fourth-order valence-corrected chi connectivity index (χ4v) is 14.0. The molecule has 0 aliphatic carbocycles. The molecule has 2 unspecified atom stereocenters. The van der Waals surface area contributed by atoms with Gasteiger partial charge in [-0.25, -0.2) is 4.79 Å². The molecular formula is C64H96N9O19S3+. The highest BCUT2D eigenvalue weighted by Crippen LogP contribution is 2.48. The summed E-state index contributed by atoms with van der Waals surface area (Å²) < 4.78 is 103. The van der Waals surface area contributed by atoms with Gasteiger partial charge in [0, 0.05) is 97.5 Å². The van der Waals surface area contributed by atoms with Crippen LogP contribution < -0.4 is 42.1 Å². The van der Waals surface area contributed by atoms with Gasteiger partial charge in [-0.3, -0.25) is 33.1 Å². The number of carbonyl (C=O) groups excluding carboxylic acids is 6. The van der Waals surface area contributed by atoms with E-state index in [1.807, 2.05) is 76.8 Å². The Bertz CT molecular complexity index is 3290. The van der Waals surface area contributed by atoms with Crippen LogP contribution >= 0.6 is 11.8 Å². The predicted octanol–water partition coefficient (Wildman–Crippen LogP) is 2.70. The summed E-state index contributed by atoms with van der Waals surface area (Å²) in [5, 5.41) is 29.3. The molecule has 2 aromatic rings. The zero-order valence-electron chi connectivity index (χ0n) is 55.0. The Kier molecular flexibility index (Phi) is 31.5. The fourth-order valence-electron chi connectivity index (χ4n) is 11.5.